The Morgan fingerprint density at radius 1 is 1.00 bits per heavy atom. The predicted octanol–water partition coefficient (Wildman–Crippen LogP) is 0.837. The Kier molecular flexibility index (Phi) is 6.14. The molecule has 0 aromatic carbocycles. The minimum absolute atomic E-state index is 0.668. The molecule has 0 radical (unpaired) electrons. The molecule has 5 atom stereocenters. The lowest BCUT2D eigenvalue weighted by Crippen LogP contribution is -2.59. The molecule has 0 aromatic heterocycles. The monoisotopic (exact) mass is 315 g/mol. The summed E-state index contributed by atoms with van der Waals surface area (Å²) in [4.78, 5) is 36.4. The van der Waals surface area contributed by atoms with Crippen LogP contribution in [0.2, 0.25) is 0 Å². The van der Waals surface area contributed by atoms with E-state index in [4.69, 9.17) is 24.5 Å². The van der Waals surface area contributed by atoms with Gasteiger partial charge in [-0.15, -0.1) is 0 Å². The van der Waals surface area contributed by atoms with Gasteiger partial charge in [0.05, 0.1) is 6.10 Å². The third kappa shape index (κ3) is 4.61. The van der Waals surface area contributed by atoms with Gasteiger partial charge in [0, 0.05) is 25.7 Å². The van der Waals surface area contributed by atoms with Crippen LogP contribution in [0.15, 0.2) is 5.11 Å². The normalized spacial score (nSPS) is 30.6. The van der Waals surface area contributed by atoms with Crippen molar-refractivity contribution in [1.82, 2.24) is 0 Å². The van der Waals surface area contributed by atoms with E-state index in [0.29, 0.717) is 0 Å². The van der Waals surface area contributed by atoms with Crippen LogP contribution in [0.3, 0.4) is 0 Å². The minimum Gasteiger partial charge on any atom is -0.458 e. The van der Waals surface area contributed by atoms with E-state index < -0.39 is 48.6 Å². The second-order valence-corrected chi connectivity index (χ2v) is 4.66. The summed E-state index contributed by atoms with van der Waals surface area (Å²) in [5, 5.41) is 3.52. The highest BCUT2D eigenvalue weighted by molar-refractivity contribution is 5.68. The summed E-state index contributed by atoms with van der Waals surface area (Å²) in [6, 6.07) is -0.940. The lowest BCUT2D eigenvalue weighted by molar-refractivity contribution is -0.268. The number of carbonyl (C=O) groups excluding carboxylic acids is 3. The average molecular weight is 315 g/mol. The quantitative estimate of drug-likeness (QED) is 0.246. The molecular formula is C12H17N3O7. The summed E-state index contributed by atoms with van der Waals surface area (Å²) in [5.74, 6) is -2.04. The van der Waals surface area contributed by atoms with Crippen molar-refractivity contribution >= 4 is 17.9 Å². The van der Waals surface area contributed by atoms with Gasteiger partial charge in [-0.2, -0.15) is 0 Å². The molecule has 1 rings (SSSR count). The number of carbonyl (C=O) groups is 3. The predicted molar refractivity (Wildman–Crippen MR) is 70.1 cm³/mol. The van der Waals surface area contributed by atoms with Gasteiger partial charge < -0.3 is 18.9 Å². The Labute approximate surface area is 126 Å². The van der Waals surface area contributed by atoms with Crippen LogP contribution in [0.1, 0.15) is 27.7 Å². The number of hydrogen-bond acceptors (Lipinski definition) is 8. The topological polar surface area (TPSA) is 137 Å². The molecular weight excluding hydrogens is 298 g/mol. The first-order valence-corrected chi connectivity index (χ1v) is 6.47. The molecule has 1 aliphatic heterocycles. The van der Waals surface area contributed by atoms with Gasteiger partial charge in [-0.05, 0) is 12.5 Å². The highest BCUT2D eigenvalue weighted by atomic mass is 16.7. The zero-order valence-corrected chi connectivity index (χ0v) is 12.6. The second kappa shape index (κ2) is 7.62. The lowest BCUT2D eigenvalue weighted by atomic mass is 9.97. The van der Waals surface area contributed by atoms with E-state index in [2.05, 4.69) is 10.0 Å². The van der Waals surface area contributed by atoms with E-state index in [1.165, 1.54) is 0 Å². The SMILES string of the molecule is CC(=O)O[C@H]1O[C@H](C)[C@@H](N=[N+]=[N-])[C@H](OC(C)=O)[C@H]1OC(C)=O. The summed E-state index contributed by atoms with van der Waals surface area (Å²) in [7, 11) is 0. The molecule has 1 saturated heterocycles. The fourth-order valence-corrected chi connectivity index (χ4v) is 2.11. The smallest absolute Gasteiger partial charge is 0.305 e. The molecule has 0 saturated carbocycles. The third-order valence-corrected chi connectivity index (χ3v) is 2.83. The molecule has 0 unspecified atom stereocenters. The van der Waals surface area contributed by atoms with Gasteiger partial charge >= 0.3 is 17.9 Å². The number of hydrogen-bond donors (Lipinski definition) is 0. The van der Waals surface area contributed by atoms with Crippen LogP contribution >= 0.6 is 0 Å². The average Bonchev–Trinajstić information content (AvgIpc) is 2.36. The number of ether oxygens (including phenoxy) is 4. The first-order valence-electron chi connectivity index (χ1n) is 6.47. The van der Waals surface area contributed by atoms with Gasteiger partial charge in [-0.1, -0.05) is 5.11 Å². The molecule has 122 valence electrons. The molecule has 10 heteroatoms. The lowest BCUT2D eigenvalue weighted by Gasteiger charge is -2.41. The first kappa shape index (κ1) is 17.7. The van der Waals surface area contributed by atoms with Crippen molar-refractivity contribution in [2.75, 3.05) is 0 Å². The van der Waals surface area contributed by atoms with E-state index in [-0.39, 0.29) is 0 Å². The van der Waals surface area contributed by atoms with Crippen LogP contribution in [0, 0.1) is 0 Å². The third-order valence-electron chi connectivity index (χ3n) is 2.83. The van der Waals surface area contributed by atoms with Crippen molar-refractivity contribution < 1.29 is 33.3 Å². The Morgan fingerprint density at radius 3 is 1.95 bits per heavy atom. The highest BCUT2D eigenvalue weighted by Crippen LogP contribution is 2.29. The maximum atomic E-state index is 11.3. The number of azide groups is 1. The molecule has 0 aromatic rings. The molecule has 0 N–H and O–H groups in total. The van der Waals surface area contributed by atoms with E-state index >= 15 is 0 Å². The van der Waals surface area contributed by atoms with Gasteiger partial charge in [0.1, 0.15) is 6.04 Å². The molecule has 0 amide bonds. The van der Waals surface area contributed by atoms with Crippen molar-refractivity contribution in [3.63, 3.8) is 0 Å². The Bertz CT molecular complexity index is 503. The fraction of sp³-hybridized carbons (Fsp3) is 0.750. The zero-order chi connectivity index (χ0) is 16.9. The van der Waals surface area contributed by atoms with Crippen LogP contribution in [0.5, 0.6) is 0 Å². The fourth-order valence-electron chi connectivity index (χ4n) is 2.11. The summed E-state index contributed by atoms with van der Waals surface area (Å²) < 4.78 is 20.5. The van der Waals surface area contributed by atoms with Crippen LogP contribution in [0.25, 0.3) is 10.4 Å². The summed E-state index contributed by atoms with van der Waals surface area (Å²) in [6.07, 6.45) is -4.37. The maximum Gasteiger partial charge on any atom is 0.305 e. The largest absolute Gasteiger partial charge is 0.458 e. The number of nitrogens with zero attached hydrogens (tertiary/aromatic N) is 3. The molecule has 10 nitrogen and oxygen atoms in total. The van der Waals surface area contributed by atoms with Gasteiger partial charge in [-0.3, -0.25) is 14.4 Å². The van der Waals surface area contributed by atoms with Crippen molar-refractivity contribution in [3.05, 3.63) is 10.4 Å². The molecule has 22 heavy (non-hydrogen) atoms. The number of rotatable bonds is 4. The van der Waals surface area contributed by atoms with E-state index in [1.807, 2.05) is 0 Å². The summed E-state index contributed by atoms with van der Waals surface area (Å²) in [5.41, 5.74) is 8.64. The standard InChI is InChI=1S/C12H17N3O7/c1-5-9(14-15-13)10(20-6(2)16)11(21-7(3)17)12(19-5)22-8(4)18/h5,9-12H,1-4H3/t5-,9-,10+,11-,12-/m1/s1. The Morgan fingerprint density at radius 2 is 1.50 bits per heavy atom. The zero-order valence-electron chi connectivity index (χ0n) is 12.6. The van der Waals surface area contributed by atoms with E-state index in [0.717, 1.165) is 20.8 Å². The molecule has 0 aliphatic carbocycles. The van der Waals surface area contributed by atoms with Gasteiger partial charge in [-0.25, -0.2) is 0 Å². The Balaban J connectivity index is 3.17. The molecule has 1 heterocycles. The van der Waals surface area contributed by atoms with Crippen LogP contribution in [-0.2, 0) is 33.3 Å². The van der Waals surface area contributed by atoms with Crippen molar-refractivity contribution in [2.45, 2.75) is 58.3 Å². The van der Waals surface area contributed by atoms with Crippen LogP contribution in [0.4, 0.5) is 0 Å². The first-order chi connectivity index (χ1) is 10.3. The summed E-state index contributed by atoms with van der Waals surface area (Å²) >= 11 is 0. The maximum absolute atomic E-state index is 11.3. The molecule has 1 aliphatic rings. The van der Waals surface area contributed by atoms with Crippen molar-refractivity contribution in [2.24, 2.45) is 5.11 Å². The highest BCUT2D eigenvalue weighted by Gasteiger charge is 2.49. The summed E-state index contributed by atoms with van der Waals surface area (Å²) in [6.45, 7) is 4.99. The minimum atomic E-state index is -1.27. The van der Waals surface area contributed by atoms with Crippen LogP contribution < -0.4 is 0 Å². The Hall–Kier alpha value is -2.32. The van der Waals surface area contributed by atoms with E-state index in [9.17, 15) is 14.4 Å². The van der Waals surface area contributed by atoms with Crippen LogP contribution in [-0.4, -0.2) is 48.6 Å². The van der Waals surface area contributed by atoms with Gasteiger partial charge in [0.15, 0.2) is 6.10 Å². The van der Waals surface area contributed by atoms with Crippen molar-refractivity contribution in [3.8, 4) is 0 Å². The van der Waals surface area contributed by atoms with Gasteiger partial charge in [0.25, 0.3) is 0 Å². The molecule has 0 spiro atoms. The number of esters is 3. The van der Waals surface area contributed by atoms with E-state index in [1.54, 1.807) is 6.92 Å². The van der Waals surface area contributed by atoms with Gasteiger partial charge in [0.2, 0.25) is 12.4 Å². The van der Waals surface area contributed by atoms with Crippen molar-refractivity contribution in [1.29, 1.82) is 0 Å². The molecule has 0 bridgehead atoms. The second-order valence-electron chi connectivity index (χ2n) is 4.66. The molecule has 1 fully saturated rings.